The van der Waals surface area contributed by atoms with Crippen LogP contribution in [0.15, 0.2) is 24.3 Å². The summed E-state index contributed by atoms with van der Waals surface area (Å²) in [5, 5.41) is 0. The minimum atomic E-state index is 0.307. The summed E-state index contributed by atoms with van der Waals surface area (Å²) in [5.41, 5.74) is 8.00. The number of nitrogens with two attached hydrogens (primary N) is 1. The Morgan fingerprint density at radius 3 is 2.85 bits per heavy atom. The summed E-state index contributed by atoms with van der Waals surface area (Å²) in [6, 6.07) is 8.26. The first-order valence-electron chi connectivity index (χ1n) is 7.78. The predicted molar refractivity (Wildman–Crippen MR) is 82.0 cm³/mol. The van der Waals surface area contributed by atoms with Crippen molar-refractivity contribution in [2.24, 2.45) is 11.7 Å². The van der Waals surface area contributed by atoms with Crippen molar-refractivity contribution in [3.8, 4) is 0 Å². The molecular formula is C17H26N2O. The third-order valence-corrected chi connectivity index (χ3v) is 4.22. The van der Waals surface area contributed by atoms with Gasteiger partial charge in [0.1, 0.15) is 0 Å². The SMILES string of the molecule is CCCC1CCC(=O)N(Cc2cccc(CN)c2)CC1. The molecule has 1 aliphatic heterocycles. The fourth-order valence-corrected chi connectivity index (χ4v) is 3.03. The molecule has 1 unspecified atom stereocenters. The topological polar surface area (TPSA) is 46.3 Å². The molecule has 1 atom stereocenters. The van der Waals surface area contributed by atoms with Crippen LogP contribution in [-0.2, 0) is 17.9 Å². The van der Waals surface area contributed by atoms with E-state index in [-0.39, 0.29) is 0 Å². The molecule has 0 radical (unpaired) electrons. The van der Waals surface area contributed by atoms with Crippen molar-refractivity contribution >= 4 is 5.91 Å². The molecule has 1 aliphatic rings. The fraction of sp³-hybridized carbons (Fsp3) is 0.588. The largest absolute Gasteiger partial charge is 0.338 e. The molecule has 1 aromatic rings. The van der Waals surface area contributed by atoms with Gasteiger partial charge in [-0.1, -0.05) is 44.0 Å². The molecule has 0 aromatic heterocycles. The lowest BCUT2D eigenvalue weighted by atomic mass is 9.96. The second-order valence-electron chi connectivity index (χ2n) is 5.82. The molecule has 2 rings (SSSR count). The van der Waals surface area contributed by atoms with Crippen molar-refractivity contribution in [1.29, 1.82) is 0 Å². The number of benzene rings is 1. The average Bonchev–Trinajstić information content (AvgIpc) is 2.64. The van der Waals surface area contributed by atoms with Gasteiger partial charge in [0.15, 0.2) is 0 Å². The number of amides is 1. The van der Waals surface area contributed by atoms with E-state index in [9.17, 15) is 4.79 Å². The van der Waals surface area contributed by atoms with Gasteiger partial charge in [-0.25, -0.2) is 0 Å². The van der Waals surface area contributed by atoms with Crippen LogP contribution in [0.1, 0.15) is 50.2 Å². The molecule has 3 nitrogen and oxygen atoms in total. The second kappa shape index (κ2) is 7.44. The number of likely N-dealkylation sites (tertiary alicyclic amines) is 1. The summed E-state index contributed by atoms with van der Waals surface area (Å²) in [6.45, 7) is 4.41. The molecule has 110 valence electrons. The lowest BCUT2D eigenvalue weighted by Crippen LogP contribution is -2.29. The van der Waals surface area contributed by atoms with Crippen molar-refractivity contribution in [2.75, 3.05) is 6.54 Å². The highest BCUT2D eigenvalue weighted by molar-refractivity contribution is 5.76. The zero-order valence-electron chi connectivity index (χ0n) is 12.5. The standard InChI is InChI=1S/C17H26N2O/c1-2-4-14-7-8-17(20)19(10-9-14)13-16-6-3-5-15(11-16)12-18/h3,5-6,11,14H,2,4,7-10,12-13,18H2,1H3. The lowest BCUT2D eigenvalue weighted by molar-refractivity contribution is -0.131. The van der Waals surface area contributed by atoms with Crippen LogP contribution in [-0.4, -0.2) is 17.4 Å². The van der Waals surface area contributed by atoms with Crippen LogP contribution in [0.4, 0.5) is 0 Å². The van der Waals surface area contributed by atoms with Crippen molar-refractivity contribution in [3.05, 3.63) is 35.4 Å². The van der Waals surface area contributed by atoms with Crippen molar-refractivity contribution in [1.82, 2.24) is 4.90 Å². The number of hydrogen-bond acceptors (Lipinski definition) is 2. The molecule has 1 fully saturated rings. The normalized spacial score (nSPS) is 20.0. The minimum Gasteiger partial charge on any atom is -0.338 e. The summed E-state index contributed by atoms with van der Waals surface area (Å²) in [6.07, 6.45) is 5.39. The molecule has 2 N–H and O–H groups in total. The molecule has 20 heavy (non-hydrogen) atoms. The van der Waals surface area contributed by atoms with Crippen LogP contribution in [0.5, 0.6) is 0 Å². The third-order valence-electron chi connectivity index (χ3n) is 4.22. The molecule has 1 saturated heterocycles. The summed E-state index contributed by atoms with van der Waals surface area (Å²) in [4.78, 5) is 14.2. The van der Waals surface area contributed by atoms with E-state index in [1.807, 2.05) is 17.0 Å². The van der Waals surface area contributed by atoms with Crippen LogP contribution in [0.2, 0.25) is 0 Å². The highest BCUT2D eigenvalue weighted by atomic mass is 16.2. The Labute approximate surface area is 122 Å². The fourth-order valence-electron chi connectivity index (χ4n) is 3.03. The molecule has 1 aromatic carbocycles. The molecule has 0 bridgehead atoms. The number of rotatable bonds is 5. The molecular weight excluding hydrogens is 248 g/mol. The number of carbonyl (C=O) groups excluding carboxylic acids is 1. The van der Waals surface area contributed by atoms with Crippen LogP contribution >= 0.6 is 0 Å². The number of nitrogens with zero attached hydrogens (tertiary/aromatic N) is 1. The second-order valence-corrected chi connectivity index (χ2v) is 5.82. The lowest BCUT2D eigenvalue weighted by Gasteiger charge is -2.21. The van der Waals surface area contributed by atoms with Gasteiger partial charge in [0.2, 0.25) is 5.91 Å². The van der Waals surface area contributed by atoms with Crippen molar-refractivity contribution < 1.29 is 4.79 Å². The molecule has 0 aliphatic carbocycles. The summed E-state index contributed by atoms with van der Waals surface area (Å²) in [5.74, 6) is 1.03. The highest BCUT2D eigenvalue weighted by Gasteiger charge is 2.21. The van der Waals surface area contributed by atoms with Gasteiger partial charge in [0, 0.05) is 26.1 Å². The van der Waals surface area contributed by atoms with E-state index < -0.39 is 0 Å². The van der Waals surface area contributed by atoms with E-state index in [2.05, 4.69) is 19.1 Å². The van der Waals surface area contributed by atoms with Gasteiger partial charge < -0.3 is 10.6 Å². The Morgan fingerprint density at radius 1 is 1.30 bits per heavy atom. The maximum absolute atomic E-state index is 12.2. The van der Waals surface area contributed by atoms with E-state index >= 15 is 0 Å². The monoisotopic (exact) mass is 274 g/mol. The van der Waals surface area contributed by atoms with Crippen molar-refractivity contribution in [2.45, 2.75) is 52.1 Å². The Kier molecular flexibility index (Phi) is 5.60. The van der Waals surface area contributed by atoms with Gasteiger partial charge >= 0.3 is 0 Å². The first-order chi connectivity index (χ1) is 9.72. The molecule has 1 amide bonds. The van der Waals surface area contributed by atoms with E-state index in [1.54, 1.807) is 0 Å². The van der Waals surface area contributed by atoms with Gasteiger partial charge in [0.25, 0.3) is 0 Å². The minimum absolute atomic E-state index is 0.307. The first kappa shape index (κ1) is 15.0. The van der Waals surface area contributed by atoms with Crippen LogP contribution < -0.4 is 5.73 Å². The van der Waals surface area contributed by atoms with E-state index in [0.717, 1.165) is 37.4 Å². The Balaban J connectivity index is 1.98. The maximum atomic E-state index is 12.2. The van der Waals surface area contributed by atoms with Gasteiger partial charge in [-0.2, -0.15) is 0 Å². The zero-order valence-corrected chi connectivity index (χ0v) is 12.5. The molecule has 3 heteroatoms. The summed E-state index contributed by atoms with van der Waals surface area (Å²) >= 11 is 0. The maximum Gasteiger partial charge on any atom is 0.222 e. The molecule has 0 saturated carbocycles. The molecule has 1 heterocycles. The highest BCUT2D eigenvalue weighted by Crippen LogP contribution is 2.23. The third kappa shape index (κ3) is 4.07. The quantitative estimate of drug-likeness (QED) is 0.897. The van der Waals surface area contributed by atoms with Gasteiger partial charge in [0.05, 0.1) is 0 Å². The average molecular weight is 274 g/mol. The Bertz CT molecular complexity index is 444. The predicted octanol–water partition coefficient (Wildman–Crippen LogP) is 3.07. The smallest absolute Gasteiger partial charge is 0.222 e. The number of hydrogen-bond donors (Lipinski definition) is 1. The first-order valence-corrected chi connectivity index (χ1v) is 7.78. The van der Waals surface area contributed by atoms with Gasteiger partial charge in [-0.05, 0) is 29.9 Å². The van der Waals surface area contributed by atoms with Crippen LogP contribution in [0.3, 0.4) is 0 Å². The van der Waals surface area contributed by atoms with E-state index in [0.29, 0.717) is 18.9 Å². The van der Waals surface area contributed by atoms with Gasteiger partial charge in [-0.3, -0.25) is 4.79 Å². The van der Waals surface area contributed by atoms with E-state index in [4.69, 9.17) is 5.73 Å². The zero-order chi connectivity index (χ0) is 14.4. The van der Waals surface area contributed by atoms with Crippen LogP contribution in [0.25, 0.3) is 0 Å². The van der Waals surface area contributed by atoms with Crippen LogP contribution in [0, 0.1) is 5.92 Å². The number of carbonyl (C=O) groups is 1. The summed E-state index contributed by atoms with van der Waals surface area (Å²) in [7, 11) is 0. The van der Waals surface area contributed by atoms with E-state index in [1.165, 1.54) is 18.4 Å². The van der Waals surface area contributed by atoms with Gasteiger partial charge in [-0.15, -0.1) is 0 Å². The molecule has 0 spiro atoms. The van der Waals surface area contributed by atoms with Crippen molar-refractivity contribution in [3.63, 3.8) is 0 Å². The Hall–Kier alpha value is -1.35. The Morgan fingerprint density at radius 2 is 2.10 bits per heavy atom. The summed E-state index contributed by atoms with van der Waals surface area (Å²) < 4.78 is 0.